The van der Waals surface area contributed by atoms with E-state index in [1.54, 1.807) is 13.2 Å². The lowest BCUT2D eigenvalue weighted by Gasteiger charge is -1.95. The molecule has 1 rings (SSSR count). The minimum atomic E-state index is 0. The van der Waals surface area contributed by atoms with Crippen LogP contribution < -0.4 is 5.32 Å². The average Bonchev–Trinajstić information content (AvgIpc) is 2.47. The van der Waals surface area contributed by atoms with Crippen LogP contribution in [0.3, 0.4) is 0 Å². The smallest absolute Gasteiger partial charge is 0.222 e. The highest BCUT2D eigenvalue weighted by molar-refractivity contribution is 5.75. The lowest BCUT2D eigenvalue weighted by atomic mass is 10.5. The van der Waals surface area contributed by atoms with E-state index in [0.29, 0.717) is 5.95 Å². The highest BCUT2D eigenvalue weighted by Gasteiger charge is 1.88. The summed E-state index contributed by atoms with van der Waals surface area (Å²) in [7, 11) is 1.80. The van der Waals surface area contributed by atoms with Crippen LogP contribution in [0, 0.1) is 6.92 Å². The van der Waals surface area contributed by atoms with E-state index in [4.69, 9.17) is 0 Å². The van der Waals surface area contributed by atoms with E-state index < -0.39 is 0 Å². The number of hydrogen-bond donors (Lipinski definition) is 1. The zero-order valence-electron chi connectivity index (χ0n) is 14.1. The molecule has 0 aliphatic heterocycles. The number of aromatic nitrogens is 2. The van der Waals surface area contributed by atoms with Crippen LogP contribution >= 0.6 is 0 Å². The Labute approximate surface area is 117 Å². The molecule has 18 heavy (non-hydrogen) atoms. The first kappa shape index (κ1) is 30.2. The summed E-state index contributed by atoms with van der Waals surface area (Å²) >= 11 is 0. The van der Waals surface area contributed by atoms with Gasteiger partial charge in [0.1, 0.15) is 0 Å². The molecule has 0 spiro atoms. The lowest BCUT2D eigenvalue weighted by molar-refractivity contribution is 1.09. The Bertz CT molecular complexity index is 206. The Balaban J connectivity index is -0.0000000542. The Kier molecular flexibility index (Phi) is 60.4. The maximum Gasteiger partial charge on any atom is 0.222 e. The van der Waals surface area contributed by atoms with E-state index >= 15 is 0 Å². The second-order valence-electron chi connectivity index (χ2n) is 1.77. The Morgan fingerprint density at radius 1 is 0.889 bits per heavy atom. The van der Waals surface area contributed by atoms with Gasteiger partial charge >= 0.3 is 0 Å². The van der Waals surface area contributed by atoms with Crippen molar-refractivity contribution in [2.45, 2.75) is 62.3 Å². The number of hydrogen-bond acceptors (Lipinski definition) is 3. The summed E-state index contributed by atoms with van der Waals surface area (Å²) in [5, 5.41) is 2.85. The third-order valence-corrected chi connectivity index (χ3v) is 1.02. The minimum Gasteiger partial charge on any atom is -0.357 e. The van der Waals surface area contributed by atoms with Crippen LogP contribution in [-0.4, -0.2) is 25.4 Å². The van der Waals surface area contributed by atoms with Gasteiger partial charge in [-0.1, -0.05) is 55.4 Å². The highest BCUT2D eigenvalue weighted by atomic mass is 15.1. The molecule has 1 N–H and O–H groups in total. The van der Waals surface area contributed by atoms with Crippen molar-refractivity contribution in [3.05, 3.63) is 18.0 Å². The SMILES string of the molecule is CC.CC.CC.CC.CNc1nccc(C)n1.[B]. The van der Waals surface area contributed by atoms with Crippen LogP contribution in [0.1, 0.15) is 61.1 Å². The third-order valence-electron chi connectivity index (χ3n) is 1.02. The number of aryl methyl sites for hydroxylation is 1. The Morgan fingerprint density at radius 3 is 1.50 bits per heavy atom. The Hall–Kier alpha value is -1.06. The molecule has 107 valence electrons. The number of anilines is 1. The quantitative estimate of drug-likeness (QED) is 0.747. The van der Waals surface area contributed by atoms with Gasteiger partial charge in [0.2, 0.25) is 5.95 Å². The van der Waals surface area contributed by atoms with Crippen molar-refractivity contribution < 1.29 is 0 Å². The van der Waals surface area contributed by atoms with Crippen LogP contribution in [0.5, 0.6) is 0 Å². The molecular weight excluding hydrogens is 221 g/mol. The molecule has 1 aromatic heterocycles. The van der Waals surface area contributed by atoms with Gasteiger partial charge in [0.25, 0.3) is 0 Å². The molecule has 3 nitrogen and oxygen atoms in total. The van der Waals surface area contributed by atoms with Crippen molar-refractivity contribution in [2.75, 3.05) is 12.4 Å². The first-order valence-electron chi connectivity index (χ1n) is 6.80. The lowest BCUT2D eigenvalue weighted by Crippen LogP contribution is -1.95. The van der Waals surface area contributed by atoms with Crippen LogP contribution in [0.4, 0.5) is 5.95 Å². The van der Waals surface area contributed by atoms with Crippen molar-refractivity contribution in [1.29, 1.82) is 0 Å². The van der Waals surface area contributed by atoms with Gasteiger partial charge in [-0.2, -0.15) is 0 Å². The summed E-state index contributed by atoms with van der Waals surface area (Å²) in [6.07, 6.45) is 1.73. The summed E-state index contributed by atoms with van der Waals surface area (Å²) in [6.45, 7) is 17.9. The van der Waals surface area contributed by atoms with Gasteiger partial charge in [0.15, 0.2) is 0 Å². The molecule has 0 saturated heterocycles. The summed E-state index contributed by atoms with van der Waals surface area (Å²) < 4.78 is 0. The summed E-state index contributed by atoms with van der Waals surface area (Å²) in [4.78, 5) is 8.01. The Morgan fingerprint density at radius 2 is 1.28 bits per heavy atom. The second-order valence-corrected chi connectivity index (χ2v) is 1.77. The predicted molar refractivity (Wildman–Crippen MR) is 87.5 cm³/mol. The molecule has 1 heterocycles. The average molecular weight is 254 g/mol. The summed E-state index contributed by atoms with van der Waals surface area (Å²) in [5.74, 6) is 0.676. The number of nitrogens with one attached hydrogen (secondary N) is 1. The van der Waals surface area contributed by atoms with Gasteiger partial charge in [-0.3, -0.25) is 0 Å². The molecule has 4 heteroatoms. The molecule has 3 radical (unpaired) electrons. The molecule has 0 fully saturated rings. The standard InChI is InChI=1S/C6H9N3.4C2H6.B/c1-5-3-4-8-6(7-2)9-5;4*1-2;/h3-4H,1-2H3,(H,7,8,9);4*1-2H3;. The van der Waals surface area contributed by atoms with E-state index in [9.17, 15) is 0 Å². The van der Waals surface area contributed by atoms with Crippen molar-refractivity contribution in [3.63, 3.8) is 0 Å². The number of rotatable bonds is 1. The molecule has 0 aliphatic carbocycles. The molecule has 0 unspecified atom stereocenters. The van der Waals surface area contributed by atoms with E-state index in [0.717, 1.165) is 5.69 Å². The first-order chi connectivity index (χ1) is 8.33. The van der Waals surface area contributed by atoms with E-state index in [-0.39, 0.29) is 8.41 Å². The molecule has 0 saturated carbocycles. The van der Waals surface area contributed by atoms with Crippen molar-refractivity contribution >= 4 is 14.4 Å². The highest BCUT2D eigenvalue weighted by Crippen LogP contribution is 1.95. The fourth-order valence-corrected chi connectivity index (χ4v) is 0.569. The molecule has 0 aliphatic rings. The van der Waals surface area contributed by atoms with E-state index in [2.05, 4.69) is 15.3 Å². The molecule has 0 atom stereocenters. The van der Waals surface area contributed by atoms with Gasteiger partial charge in [-0.15, -0.1) is 0 Å². The van der Waals surface area contributed by atoms with Crippen LogP contribution in [0.2, 0.25) is 0 Å². The largest absolute Gasteiger partial charge is 0.357 e. The third kappa shape index (κ3) is 24.3. The van der Waals surface area contributed by atoms with Crippen molar-refractivity contribution in [1.82, 2.24) is 9.97 Å². The molecule has 0 amide bonds. The van der Waals surface area contributed by atoms with E-state index in [1.807, 2.05) is 68.4 Å². The maximum absolute atomic E-state index is 4.07. The van der Waals surface area contributed by atoms with Gasteiger partial charge in [0.05, 0.1) is 0 Å². The first-order valence-corrected chi connectivity index (χ1v) is 6.80. The fourth-order valence-electron chi connectivity index (χ4n) is 0.569. The molecule has 0 bridgehead atoms. The van der Waals surface area contributed by atoms with Crippen molar-refractivity contribution in [2.24, 2.45) is 0 Å². The van der Waals surface area contributed by atoms with Crippen LogP contribution in [-0.2, 0) is 0 Å². The van der Waals surface area contributed by atoms with Gasteiger partial charge in [-0.25, -0.2) is 9.97 Å². The monoisotopic (exact) mass is 254 g/mol. The van der Waals surface area contributed by atoms with Gasteiger partial charge < -0.3 is 5.32 Å². The number of nitrogens with zero attached hydrogens (tertiary/aromatic N) is 2. The zero-order valence-corrected chi connectivity index (χ0v) is 14.1. The maximum atomic E-state index is 4.07. The molecule has 0 aromatic carbocycles. The second kappa shape index (κ2) is 36.0. The van der Waals surface area contributed by atoms with Crippen LogP contribution in [0.15, 0.2) is 12.3 Å². The van der Waals surface area contributed by atoms with Crippen LogP contribution in [0.25, 0.3) is 0 Å². The predicted octanol–water partition coefficient (Wildman–Crippen LogP) is 4.55. The van der Waals surface area contributed by atoms with Gasteiger partial charge in [0, 0.05) is 27.4 Å². The van der Waals surface area contributed by atoms with E-state index in [1.165, 1.54) is 0 Å². The normalized spacial score (nSPS) is 5.89. The molecular formula is C14H33BN3. The summed E-state index contributed by atoms with van der Waals surface area (Å²) in [6, 6.07) is 1.86. The minimum absolute atomic E-state index is 0. The van der Waals surface area contributed by atoms with Crippen molar-refractivity contribution in [3.8, 4) is 0 Å². The zero-order chi connectivity index (χ0) is 14.7. The topological polar surface area (TPSA) is 37.8 Å². The fraction of sp³-hybridized carbons (Fsp3) is 0.714. The molecule has 1 aromatic rings. The van der Waals surface area contributed by atoms with Gasteiger partial charge in [-0.05, 0) is 13.0 Å². The summed E-state index contributed by atoms with van der Waals surface area (Å²) in [5.41, 5.74) is 0.981.